The minimum absolute atomic E-state index is 0.256. The first kappa shape index (κ1) is 8.92. The summed E-state index contributed by atoms with van der Waals surface area (Å²) in [6.45, 7) is 0. The molecular formula is C6H9Cl3Si. The maximum Gasteiger partial charge on any atom is 0.347 e. The Morgan fingerprint density at radius 3 is 2.30 bits per heavy atom. The zero-order valence-corrected chi connectivity index (χ0v) is 8.76. The van der Waals surface area contributed by atoms with Gasteiger partial charge in [0, 0.05) is 5.54 Å². The molecule has 0 N–H and O–H groups in total. The van der Waals surface area contributed by atoms with Gasteiger partial charge in [-0.05, 0) is 19.3 Å². The summed E-state index contributed by atoms with van der Waals surface area (Å²) in [7, 11) is 0. The van der Waals surface area contributed by atoms with Gasteiger partial charge in [0.25, 0.3) is 0 Å². The molecule has 1 aliphatic rings. The summed E-state index contributed by atoms with van der Waals surface area (Å²) in [6.07, 6.45) is 7.54. The van der Waals surface area contributed by atoms with E-state index in [-0.39, 0.29) is 5.54 Å². The first-order valence-corrected chi connectivity index (χ1v) is 8.45. The number of allylic oxidation sites excluding steroid dienone is 2. The third-order valence-electron chi connectivity index (χ3n) is 1.67. The van der Waals surface area contributed by atoms with Crippen LogP contribution in [-0.4, -0.2) is 6.00 Å². The second-order valence-corrected chi connectivity index (χ2v) is 11.4. The van der Waals surface area contributed by atoms with Crippen LogP contribution in [0, 0.1) is 0 Å². The lowest BCUT2D eigenvalue weighted by Crippen LogP contribution is -2.19. The van der Waals surface area contributed by atoms with Crippen LogP contribution in [-0.2, 0) is 0 Å². The minimum atomic E-state index is -2.43. The van der Waals surface area contributed by atoms with Crippen LogP contribution in [0.5, 0.6) is 0 Å². The molecule has 0 aromatic carbocycles. The molecule has 58 valence electrons. The molecule has 0 amide bonds. The molecule has 1 rings (SSSR count). The number of halogens is 3. The van der Waals surface area contributed by atoms with Gasteiger partial charge >= 0.3 is 6.00 Å². The molecule has 0 aliphatic heterocycles. The van der Waals surface area contributed by atoms with Crippen LogP contribution in [0.3, 0.4) is 0 Å². The molecule has 0 spiro atoms. The summed E-state index contributed by atoms with van der Waals surface area (Å²) >= 11 is 17.5. The quantitative estimate of drug-likeness (QED) is 0.355. The molecule has 0 saturated carbocycles. The zero-order chi connectivity index (χ0) is 7.61. The summed E-state index contributed by atoms with van der Waals surface area (Å²) in [5.41, 5.74) is 0.256. The predicted octanol–water partition coefficient (Wildman–Crippen LogP) is 3.75. The maximum absolute atomic E-state index is 5.83. The monoisotopic (exact) mass is 214 g/mol. The highest BCUT2D eigenvalue weighted by Gasteiger charge is 2.35. The SMILES string of the molecule is Cl[Si](Cl)(Cl)C1C=CCCC1. The van der Waals surface area contributed by atoms with E-state index in [2.05, 4.69) is 12.2 Å². The van der Waals surface area contributed by atoms with E-state index in [0.29, 0.717) is 0 Å². The molecule has 1 atom stereocenters. The van der Waals surface area contributed by atoms with Crippen molar-refractivity contribution in [2.75, 3.05) is 0 Å². The lowest BCUT2D eigenvalue weighted by molar-refractivity contribution is 0.724. The van der Waals surface area contributed by atoms with Crippen LogP contribution in [0.4, 0.5) is 0 Å². The molecule has 0 fully saturated rings. The van der Waals surface area contributed by atoms with Gasteiger partial charge in [-0.1, -0.05) is 12.2 Å². The highest BCUT2D eigenvalue weighted by atomic mass is 35.8. The molecule has 0 nitrogen and oxygen atoms in total. The van der Waals surface area contributed by atoms with E-state index in [1.165, 1.54) is 6.42 Å². The van der Waals surface area contributed by atoms with Gasteiger partial charge in [0.2, 0.25) is 0 Å². The number of rotatable bonds is 1. The molecule has 1 aliphatic carbocycles. The Bertz CT molecular complexity index is 138. The normalized spacial score (nSPS) is 26.9. The predicted molar refractivity (Wildman–Crippen MR) is 50.1 cm³/mol. The van der Waals surface area contributed by atoms with Gasteiger partial charge in [-0.25, -0.2) is 0 Å². The Kier molecular flexibility index (Phi) is 3.11. The fourth-order valence-electron chi connectivity index (χ4n) is 1.09. The Labute approximate surface area is 76.3 Å². The first-order chi connectivity index (χ1) is 4.61. The van der Waals surface area contributed by atoms with E-state index < -0.39 is 6.00 Å². The van der Waals surface area contributed by atoms with E-state index in [4.69, 9.17) is 33.2 Å². The fourth-order valence-corrected chi connectivity index (χ4v) is 3.61. The Hall–Kier alpha value is 0.827. The molecule has 0 aromatic heterocycles. The van der Waals surface area contributed by atoms with Crippen molar-refractivity contribution < 1.29 is 0 Å². The highest BCUT2D eigenvalue weighted by molar-refractivity contribution is 7.65. The van der Waals surface area contributed by atoms with Gasteiger partial charge in [0.05, 0.1) is 0 Å². The molecule has 0 aromatic rings. The Balaban J connectivity index is 2.55. The van der Waals surface area contributed by atoms with Crippen LogP contribution < -0.4 is 0 Å². The van der Waals surface area contributed by atoms with E-state index in [1.807, 2.05) is 0 Å². The van der Waals surface area contributed by atoms with Gasteiger partial charge in [0.1, 0.15) is 0 Å². The molecule has 4 heteroatoms. The molecule has 0 heterocycles. The second-order valence-electron chi connectivity index (χ2n) is 2.51. The lowest BCUT2D eigenvalue weighted by Gasteiger charge is -2.20. The third-order valence-corrected chi connectivity index (χ3v) is 5.52. The lowest BCUT2D eigenvalue weighted by atomic mass is 10.1. The van der Waals surface area contributed by atoms with Gasteiger partial charge in [-0.2, -0.15) is 0 Å². The first-order valence-electron chi connectivity index (χ1n) is 3.34. The summed E-state index contributed by atoms with van der Waals surface area (Å²) in [5.74, 6) is 0. The minimum Gasteiger partial charge on any atom is -0.125 e. The molecule has 0 radical (unpaired) electrons. The van der Waals surface area contributed by atoms with Gasteiger partial charge < -0.3 is 0 Å². The van der Waals surface area contributed by atoms with Gasteiger partial charge in [0.15, 0.2) is 0 Å². The summed E-state index contributed by atoms with van der Waals surface area (Å²) in [5, 5.41) is 0. The average molecular weight is 216 g/mol. The van der Waals surface area contributed by atoms with Crippen molar-refractivity contribution in [2.45, 2.75) is 24.8 Å². The standard InChI is InChI=1S/C6H9Cl3Si/c7-10(8,9)6-4-2-1-3-5-6/h2,4,6H,1,3,5H2. The van der Waals surface area contributed by atoms with Gasteiger partial charge in [-0.15, -0.1) is 33.2 Å². The smallest absolute Gasteiger partial charge is 0.125 e. The molecule has 0 saturated heterocycles. The van der Waals surface area contributed by atoms with E-state index in [9.17, 15) is 0 Å². The van der Waals surface area contributed by atoms with Crippen LogP contribution in [0.2, 0.25) is 5.54 Å². The van der Waals surface area contributed by atoms with Crippen molar-refractivity contribution in [1.82, 2.24) is 0 Å². The van der Waals surface area contributed by atoms with Gasteiger partial charge in [-0.3, -0.25) is 0 Å². The number of hydrogen-bond acceptors (Lipinski definition) is 0. The summed E-state index contributed by atoms with van der Waals surface area (Å²) in [4.78, 5) is 0. The second kappa shape index (κ2) is 3.48. The van der Waals surface area contributed by atoms with E-state index in [1.54, 1.807) is 0 Å². The van der Waals surface area contributed by atoms with Crippen LogP contribution in [0.25, 0.3) is 0 Å². The average Bonchev–Trinajstić information content (AvgIpc) is 1.88. The van der Waals surface area contributed by atoms with E-state index in [0.717, 1.165) is 12.8 Å². The largest absolute Gasteiger partial charge is 0.347 e. The maximum atomic E-state index is 5.83. The molecule has 10 heavy (non-hydrogen) atoms. The summed E-state index contributed by atoms with van der Waals surface area (Å²) < 4.78 is 0. The Morgan fingerprint density at radius 2 is 2.00 bits per heavy atom. The van der Waals surface area contributed by atoms with Crippen molar-refractivity contribution in [3.63, 3.8) is 0 Å². The van der Waals surface area contributed by atoms with Crippen molar-refractivity contribution in [3.05, 3.63) is 12.2 Å². The van der Waals surface area contributed by atoms with Crippen molar-refractivity contribution in [1.29, 1.82) is 0 Å². The zero-order valence-electron chi connectivity index (χ0n) is 5.49. The fraction of sp³-hybridized carbons (Fsp3) is 0.667. The highest BCUT2D eigenvalue weighted by Crippen LogP contribution is 2.40. The van der Waals surface area contributed by atoms with Crippen LogP contribution in [0.15, 0.2) is 12.2 Å². The van der Waals surface area contributed by atoms with E-state index >= 15 is 0 Å². The van der Waals surface area contributed by atoms with Crippen molar-refractivity contribution in [2.24, 2.45) is 0 Å². The number of hydrogen-bond donors (Lipinski definition) is 0. The molecule has 1 unspecified atom stereocenters. The molecular weight excluding hydrogens is 207 g/mol. The van der Waals surface area contributed by atoms with Crippen molar-refractivity contribution >= 4 is 39.2 Å². The van der Waals surface area contributed by atoms with Crippen LogP contribution >= 0.6 is 33.2 Å². The summed E-state index contributed by atoms with van der Waals surface area (Å²) in [6, 6.07) is -2.43. The van der Waals surface area contributed by atoms with Crippen molar-refractivity contribution in [3.8, 4) is 0 Å². The Morgan fingerprint density at radius 1 is 1.30 bits per heavy atom. The third kappa shape index (κ3) is 2.46. The van der Waals surface area contributed by atoms with Crippen LogP contribution in [0.1, 0.15) is 19.3 Å². The molecule has 0 bridgehead atoms. The topological polar surface area (TPSA) is 0 Å².